The largest absolute Gasteiger partial charge is 0.338 e. The van der Waals surface area contributed by atoms with E-state index in [1.807, 2.05) is 13.0 Å². The van der Waals surface area contributed by atoms with Gasteiger partial charge in [0.05, 0.1) is 13.1 Å². The van der Waals surface area contributed by atoms with E-state index in [0.29, 0.717) is 19.0 Å². The van der Waals surface area contributed by atoms with Gasteiger partial charge < -0.3 is 10.2 Å². The Hall–Kier alpha value is -1.88. The first-order valence-electron chi connectivity index (χ1n) is 8.12. The van der Waals surface area contributed by atoms with Crippen LogP contribution >= 0.6 is 0 Å². The number of hydrogen-bond donors (Lipinski definition) is 3. The van der Waals surface area contributed by atoms with Crippen LogP contribution < -0.4 is 15.5 Å². The van der Waals surface area contributed by atoms with Crippen LogP contribution in [-0.2, 0) is 11.2 Å². The number of urea groups is 1. The second-order valence-electron chi connectivity index (χ2n) is 5.97. The van der Waals surface area contributed by atoms with Gasteiger partial charge in [0.15, 0.2) is 6.54 Å². The van der Waals surface area contributed by atoms with Gasteiger partial charge in [0.2, 0.25) is 0 Å². The van der Waals surface area contributed by atoms with Gasteiger partial charge in [-0.1, -0.05) is 30.3 Å². The van der Waals surface area contributed by atoms with E-state index in [-0.39, 0.29) is 5.91 Å². The Balaban J connectivity index is 1.68. The van der Waals surface area contributed by atoms with Crippen molar-refractivity contribution in [1.29, 1.82) is 0 Å². The van der Waals surface area contributed by atoms with Crippen LogP contribution in [0.5, 0.6) is 0 Å². The quantitative estimate of drug-likeness (QED) is 0.736. The summed E-state index contributed by atoms with van der Waals surface area (Å²) in [6.07, 6.45) is 3.40. The minimum absolute atomic E-state index is 0.192. The number of piperidine rings is 1. The maximum absolute atomic E-state index is 11.8. The summed E-state index contributed by atoms with van der Waals surface area (Å²) in [5.74, 6) is 0.514. The molecule has 5 nitrogen and oxygen atoms in total. The first-order valence-corrected chi connectivity index (χ1v) is 8.12. The molecule has 0 aromatic heterocycles. The number of hydrogen-bond acceptors (Lipinski definition) is 2. The van der Waals surface area contributed by atoms with Crippen LogP contribution in [0.15, 0.2) is 30.3 Å². The first kappa shape index (κ1) is 16.5. The summed E-state index contributed by atoms with van der Waals surface area (Å²) in [5.41, 5.74) is 1.39. The van der Waals surface area contributed by atoms with Crippen LogP contribution in [-0.4, -0.2) is 38.1 Å². The van der Waals surface area contributed by atoms with Crippen LogP contribution in [0.3, 0.4) is 0 Å². The molecule has 2 rings (SSSR count). The molecule has 0 unspecified atom stereocenters. The lowest BCUT2D eigenvalue weighted by Crippen LogP contribution is -3.14. The molecule has 1 saturated heterocycles. The van der Waals surface area contributed by atoms with Crippen LogP contribution in [0.1, 0.15) is 25.3 Å². The standard InChI is InChI=1S/C17H25N3O2/c1-2-18-17(22)19-16(21)13-20-10-8-15(9-11-20)12-14-6-4-3-5-7-14/h3-7,15H,2,8-13H2,1H3,(H2,18,19,21,22)/p+1. The summed E-state index contributed by atoms with van der Waals surface area (Å²) in [7, 11) is 0. The molecule has 1 heterocycles. The fourth-order valence-electron chi connectivity index (χ4n) is 3.02. The zero-order chi connectivity index (χ0) is 15.8. The molecule has 1 aliphatic rings. The van der Waals surface area contributed by atoms with Crippen molar-refractivity contribution >= 4 is 11.9 Å². The molecule has 0 radical (unpaired) electrons. The zero-order valence-electron chi connectivity index (χ0n) is 13.2. The second-order valence-corrected chi connectivity index (χ2v) is 5.97. The molecule has 1 aromatic rings. The number of benzene rings is 1. The molecule has 120 valence electrons. The van der Waals surface area contributed by atoms with E-state index in [4.69, 9.17) is 0 Å². The molecule has 3 N–H and O–H groups in total. The van der Waals surface area contributed by atoms with Gasteiger partial charge in [-0.25, -0.2) is 4.79 Å². The van der Waals surface area contributed by atoms with E-state index in [9.17, 15) is 9.59 Å². The average Bonchev–Trinajstić information content (AvgIpc) is 2.50. The topological polar surface area (TPSA) is 62.6 Å². The van der Waals surface area contributed by atoms with Gasteiger partial charge in [0, 0.05) is 6.54 Å². The first-order chi connectivity index (χ1) is 10.7. The molecular weight excluding hydrogens is 278 g/mol. The van der Waals surface area contributed by atoms with E-state index in [0.717, 1.165) is 32.4 Å². The van der Waals surface area contributed by atoms with Crippen molar-refractivity contribution in [2.24, 2.45) is 5.92 Å². The van der Waals surface area contributed by atoms with E-state index in [1.54, 1.807) is 0 Å². The Morgan fingerprint density at radius 3 is 2.50 bits per heavy atom. The lowest BCUT2D eigenvalue weighted by Gasteiger charge is -2.28. The van der Waals surface area contributed by atoms with Crippen molar-refractivity contribution in [3.05, 3.63) is 35.9 Å². The Morgan fingerprint density at radius 1 is 1.18 bits per heavy atom. The van der Waals surface area contributed by atoms with Crippen LogP contribution in [0.2, 0.25) is 0 Å². The third kappa shape index (κ3) is 5.48. The maximum Gasteiger partial charge on any atom is 0.321 e. The number of quaternary nitrogens is 1. The minimum atomic E-state index is -0.397. The second kappa shape index (κ2) is 8.54. The van der Waals surface area contributed by atoms with Gasteiger partial charge in [-0.15, -0.1) is 0 Å². The predicted octanol–water partition coefficient (Wildman–Crippen LogP) is 0.370. The van der Waals surface area contributed by atoms with Crippen LogP contribution in [0, 0.1) is 5.92 Å². The molecule has 0 saturated carbocycles. The Kier molecular flexibility index (Phi) is 6.40. The molecule has 0 spiro atoms. The third-order valence-electron chi connectivity index (χ3n) is 4.18. The monoisotopic (exact) mass is 304 g/mol. The van der Waals surface area contributed by atoms with Gasteiger partial charge in [0.1, 0.15) is 0 Å². The molecule has 0 bridgehead atoms. The zero-order valence-corrected chi connectivity index (χ0v) is 13.2. The molecule has 22 heavy (non-hydrogen) atoms. The molecule has 1 aliphatic heterocycles. The van der Waals surface area contributed by atoms with Crippen LogP contribution in [0.4, 0.5) is 4.79 Å². The van der Waals surface area contributed by atoms with Gasteiger partial charge in [-0.05, 0) is 37.7 Å². The minimum Gasteiger partial charge on any atom is -0.338 e. The lowest BCUT2D eigenvalue weighted by molar-refractivity contribution is -0.898. The van der Waals surface area contributed by atoms with Crippen molar-refractivity contribution in [3.63, 3.8) is 0 Å². The number of imide groups is 1. The third-order valence-corrected chi connectivity index (χ3v) is 4.18. The van der Waals surface area contributed by atoms with Crippen molar-refractivity contribution < 1.29 is 14.5 Å². The fraction of sp³-hybridized carbons (Fsp3) is 0.529. The highest BCUT2D eigenvalue weighted by Crippen LogP contribution is 2.16. The van der Waals surface area contributed by atoms with Gasteiger partial charge in [-0.3, -0.25) is 10.1 Å². The van der Waals surface area contributed by atoms with E-state index < -0.39 is 6.03 Å². The number of amides is 3. The molecule has 1 fully saturated rings. The Labute approximate surface area is 132 Å². The number of nitrogens with one attached hydrogen (secondary N) is 3. The average molecular weight is 304 g/mol. The van der Waals surface area contributed by atoms with Crippen molar-refractivity contribution in [1.82, 2.24) is 10.6 Å². The molecule has 3 amide bonds. The SMILES string of the molecule is CCNC(=O)NC(=O)C[NH+]1CCC(Cc2ccccc2)CC1. The number of likely N-dealkylation sites (tertiary alicyclic amines) is 1. The summed E-state index contributed by atoms with van der Waals surface area (Å²) < 4.78 is 0. The fourth-order valence-corrected chi connectivity index (χ4v) is 3.02. The smallest absolute Gasteiger partial charge is 0.321 e. The summed E-state index contributed by atoms with van der Waals surface area (Å²) in [6, 6.07) is 10.2. The highest BCUT2D eigenvalue weighted by Gasteiger charge is 2.24. The normalized spacial score (nSPS) is 21.1. The maximum atomic E-state index is 11.8. The summed E-state index contributed by atoms with van der Waals surface area (Å²) in [6.45, 7) is 4.74. The molecule has 1 aromatic carbocycles. The van der Waals surface area contributed by atoms with Crippen molar-refractivity contribution in [3.8, 4) is 0 Å². The van der Waals surface area contributed by atoms with Crippen LogP contribution in [0.25, 0.3) is 0 Å². The Bertz CT molecular complexity index is 482. The van der Waals surface area contributed by atoms with E-state index >= 15 is 0 Å². The Morgan fingerprint density at radius 2 is 1.86 bits per heavy atom. The van der Waals surface area contributed by atoms with Gasteiger partial charge in [0.25, 0.3) is 5.91 Å². The molecular formula is C17H26N3O2+. The van der Waals surface area contributed by atoms with Gasteiger partial charge >= 0.3 is 6.03 Å². The summed E-state index contributed by atoms with van der Waals surface area (Å²) in [5, 5.41) is 4.94. The van der Waals surface area contributed by atoms with E-state index in [2.05, 4.69) is 34.9 Å². The summed E-state index contributed by atoms with van der Waals surface area (Å²) >= 11 is 0. The predicted molar refractivity (Wildman–Crippen MR) is 85.6 cm³/mol. The summed E-state index contributed by atoms with van der Waals surface area (Å²) in [4.78, 5) is 24.3. The van der Waals surface area contributed by atoms with E-state index in [1.165, 1.54) is 10.5 Å². The number of rotatable bonds is 5. The molecule has 5 heteroatoms. The molecule has 0 atom stereocenters. The van der Waals surface area contributed by atoms with Crippen molar-refractivity contribution in [2.75, 3.05) is 26.2 Å². The highest BCUT2D eigenvalue weighted by molar-refractivity contribution is 5.94. The number of carbonyl (C=O) groups excluding carboxylic acids is 2. The highest BCUT2D eigenvalue weighted by atomic mass is 16.2. The molecule has 0 aliphatic carbocycles. The lowest BCUT2D eigenvalue weighted by atomic mass is 9.90. The van der Waals surface area contributed by atoms with Crippen molar-refractivity contribution in [2.45, 2.75) is 26.2 Å². The number of carbonyl (C=O) groups is 2. The van der Waals surface area contributed by atoms with Gasteiger partial charge in [-0.2, -0.15) is 0 Å².